The van der Waals surface area contributed by atoms with Gasteiger partial charge in [0, 0.05) is 18.9 Å². The fourth-order valence-electron chi connectivity index (χ4n) is 0. The van der Waals surface area contributed by atoms with Gasteiger partial charge in [0.15, 0.2) is 0 Å². The number of rotatable bonds is 0. The minimum atomic E-state index is -1.42. The summed E-state index contributed by atoms with van der Waals surface area (Å²) in [6.07, 6.45) is 0. The van der Waals surface area contributed by atoms with Crippen molar-refractivity contribution in [1.29, 1.82) is 0 Å². The molecule has 0 aromatic carbocycles. The van der Waals surface area contributed by atoms with E-state index >= 15 is 0 Å². The summed E-state index contributed by atoms with van der Waals surface area (Å²) in [5.41, 5.74) is 0. The third kappa shape index (κ3) is 3530. The minimum absolute atomic E-state index is 0. The van der Waals surface area contributed by atoms with Crippen molar-refractivity contribution < 1.29 is 63.2 Å². The van der Waals surface area contributed by atoms with Crippen molar-refractivity contribution in [1.82, 2.24) is 0 Å². The molecule has 0 N–H and O–H groups in total. The fourth-order valence-corrected chi connectivity index (χ4v) is 0. The molecule has 0 rings (SSSR count). The predicted octanol–water partition coefficient (Wildman–Crippen LogP) is -0.149. The molecule has 8 nitrogen and oxygen atoms in total. The molecule has 77 valence electrons. The summed E-state index contributed by atoms with van der Waals surface area (Å²) in [5.74, 6) is 0. The molecule has 0 heterocycles. The molecule has 0 saturated carbocycles. The van der Waals surface area contributed by atoms with Gasteiger partial charge in [0.05, 0.1) is 0 Å². The summed E-state index contributed by atoms with van der Waals surface area (Å²) >= 11 is -2.50. The number of hydrogen-bond donors (Lipinski definition) is 0. The van der Waals surface area contributed by atoms with Gasteiger partial charge in [0.1, 0.15) is 0 Å². The molecule has 0 atom stereocenters. The van der Waals surface area contributed by atoms with Crippen molar-refractivity contribution >= 4 is 35.5 Å². The molecule has 0 aliphatic rings. The van der Waals surface area contributed by atoms with E-state index in [1.807, 2.05) is 0 Å². The Morgan fingerprint density at radius 3 is 0.615 bits per heavy atom. The van der Waals surface area contributed by atoms with Crippen molar-refractivity contribution in [2.24, 2.45) is 0 Å². The zero-order valence-corrected chi connectivity index (χ0v) is 10.2. The molecule has 0 aliphatic heterocycles. The van der Waals surface area contributed by atoms with E-state index in [1.54, 1.807) is 0 Å². The maximum atomic E-state index is 8.40. The van der Waals surface area contributed by atoms with E-state index in [9.17, 15) is 0 Å². The Bertz CT molecular complexity index is 152. The van der Waals surface area contributed by atoms with Gasteiger partial charge in [-0.25, -0.2) is 18.3 Å². The van der Waals surface area contributed by atoms with E-state index in [2.05, 4.69) is 0 Å². The van der Waals surface area contributed by atoms with Gasteiger partial charge < -0.3 is 0 Å². The van der Waals surface area contributed by atoms with Crippen molar-refractivity contribution in [3.8, 4) is 0 Å². The van der Waals surface area contributed by atoms with Crippen LogP contribution in [0.3, 0.4) is 0 Å². The monoisotopic (exact) mass is 311 g/mol. The third-order valence-electron chi connectivity index (χ3n) is 0. The van der Waals surface area contributed by atoms with Gasteiger partial charge in [0.2, 0.25) is 0 Å². The van der Waals surface area contributed by atoms with Crippen LogP contribution in [0.5, 0.6) is 0 Å². The molecule has 0 aliphatic carbocycles. The van der Waals surface area contributed by atoms with Crippen LogP contribution >= 0.6 is 16.7 Å². The first-order chi connectivity index (χ1) is 5.66. The molecular formula is H2Fe2LiO8P2. The molecule has 0 unspecified atom stereocenters. The van der Waals surface area contributed by atoms with Crippen LogP contribution in [-0.2, 0) is 63.2 Å². The first kappa shape index (κ1) is 29.2. The van der Waals surface area contributed by atoms with E-state index in [-0.39, 0.29) is 18.9 Å². The Labute approximate surface area is 98.4 Å². The SMILES string of the molecule is O=[PH]=O.O=[PH]=O.[Li].[O]=[Fe]=[O].[O]=[Fe]=[O]. The second kappa shape index (κ2) is 79.6. The van der Waals surface area contributed by atoms with Crippen molar-refractivity contribution in [2.75, 3.05) is 0 Å². The standard InChI is InChI=1S/2Fe.Li.2HO2P.4O/c;;;2*1-3-2;;;;/h;;;2*3H;;;;. The quantitative estimate of drug-likeness (QED) is 0.445. The molecule has 0 spiro atoms. The zero-order valence-electron chi connectivity index (χ0n) is 5.97. The molecule has 0 aromatic rings. The molecular weight excluding hydrogens is 309 g/mol. The second-order valence-corrected chi connectivity index (χ2v) is 0.986. The molecule has 13 heteroatoms. The van der Waals surface area contributed by atoms with Crippen LogP contribution in [0.1, 0.15) is 0 Å². The first-order valence-corrected chi connectivity index (χ1v) is 4.83. The van der Waals surface area contributed by atoms with Crippen molar-refractivity contribution in [2.45, 2.75) is 0 Å². The van der Waals surface area contributed by atoms with Crippen LogP contribution in [-0.4, -0.2) is 18.9 Å². The molecule has 1 radical (unpaired) electrons. The maximum absolute atomic E-state index is 8.40. The van der Waals surface area contributed by atoms with Gasteiger partial charge in [-0.2, -0.15) is 0 Å². The van der Waals surface area contributed by atoms with Gasteiger partial charge in [-0.05, 0) is 0 Å². The van der Waals surface area contributed by atoms with Crippen molar-refractivity contribution in [3.05, 3.63) is 0 Å². The second-order valence-electron chi connectivity index (χ2n) is 0.285. The third-order valence-corrected chi connectivity index (χ3v) is 0. The summed E-state index contributed by atoms with van der Waals surface area (Å²) in [6.45, 7) is 0. The van der Waals surface area contributed by atoms with Gasteiger partial charge in [-0.15, -0.1) is 0 Å². The molecule has 0 aromatic heterocycles. The Hall–Kier alpha value is 0.636. The molecule has 0 fully saturated rings. The van der Waals surface area contributed by atoms with Gasteiger partial charge in [-0.3, -0.25) is 0 Å². The van der Waals surface area contributed by atoms with Crippen LogP contribution < -0.4 is 0 Å². The molecule has 13 heavy (non-hydrogen) atoms. The average Bonchev–Trinajstić information content (AvgIpc) is 1.92. The summed E-state index contributed by atoms with van der Waals surface area (Å²) in [7, 11) is -2.83. The van der Waals surface area contributed by atoms with Crippen LogP contribution in [0.4, 0.5) is 0 Å². The van der Waals surface area contributed by atoms with Gasteiger partial charge in [0.25, 0.3) is 0 Å². The van der Waals surface area contributed by atoms with Gasteiger partial charge in [-0.1, -0.05) is 0 Å². The Morgan fingerprint density at radius 2 is 0.615 bits per heavy atom. The Morgan fingerprint density at radius 1 is 0.615 bits per heavy atom. The van der Waals surface area contributed by atoms with Crippen LogP contribution in [0.15, 0.2) is 0 Å². The fraction of sp³-hybridized carbons (Fsp3) is 0. The average molecular weight is 311 g/mol. The van der Waals surface area contributed by atoms with Crippen LogP contribution in [0.2, 0.25) is 0 Å². The van der Waals surface area contributed by atoms with Gasteiger partial charge >= 0.3 is 61.7 Å². The van der Waals surface area contributed by atoms with E-state index in [1.165, 1.54) is 0 Å². The molecule has 0 saturated heterocycles. The normalized spacial score (nSPS) is 4.31. The Kier molecular flexibility index (Phi) is 179. The first-order valence-electron chi connectivity index (χ1n) is 1.39. The van der Waals surface area contributed by atoms with E-state index in [0.29, 0.717) is 0 Å². The van der Waals surface area contributed by atoms with E-state index in [0.717, 1.165) is 0 Å². The van der Waals surface area contributed by atoms with Crippen molar-refractivity contribution in [3.63, 3.8) is 0 Å². The summed E-state index contributed by atoms with van der Waals surface area (Å²) in [4.78, 5) is 0. The van der Waals surface area contributed by atoms with E-state index < -0.39 is 46.3 Å². The number of hydrogen-bond acceptors (Lipinski definition) is 8. The van der Waals surface area contributed by atoms with E-state index in [4.69, 9.17) is 33.6 Å². The molecule has 0 amide bonds. The Balaban J connectivity index is -0.0000000213. The van der Waals surface area contributed by atoms with Crippen LogP contribution in [0, 0.1) is 0 Å². The van der Waals surface area contributed by atoms with Crippen LogP contribution in [0.25, 0.3) is 0 Å². The zero-order chi connectivity index (χ0) is 10.8. The predicted molar refractivity (Wildman–Crippen MR) is 27.9 cm³/mol. The summed E-state index contributed by atoms with van der Waals surface area (Å²) in [6, 6.07) is 0. The topological polar surface area (TPSA) is 137 Å². The molecule has 0 bridgehead atoms. The summed E-state index contributed by atoms with van der Waals surface area (Å²) < 4.78 is 67.1. The summed E-state index contributed by atoms with van der Waals surface area (Å²) in [5, 5.41) is 0.